The van der Waals surface area contributed by atoms with E-state index in [-0.39, 0.29) is 110 Å². The van der Waals surface area contributed by atoms with Gasteiger partial charge in [-0.2, -0.15) is 26.3 Å². The third-order valence-electron chi connectivity index (χ3n) is 19.5. The highest BCUT2D eigenvalue weighted by molar-refractivity contribution is 7.93. The number of benzene rings is 4. The van der Waals surface area contributed by atoms with Crippen molar-refractivity contribution in [2.75, 3.05) is 18.9 Å². The van der Waals surface area contributed by atoms with Crippen molar-refractivity contribution in [2.45, 2.75) is 85.3 Å². The minimum Gasteiger partial charge on any atom is -0.346 e. The number of halogens is 13. The summed E-state index contributed by atoms with van der Waals surface area (Å²) in [4.78, 5) is 96.3. The largest absolute Gasteiger partial charge is 0.417 e. The van der Waals surface area contributed by atoms with E-state index in [2.05, 4.69) is 78.7 Å². The van der Waals surface area contributed by atoms with Gasteiger partial charge in [0.25, 0.3) is 40.1 Å². The normalized spacial score (nSPS) is 12.0. The van der Waals surface area contributed by atoms with Crippen molar-refractivity contribution in [1.29, 1.82) is 0 Å². The van der Waals surface area contributed by atoms with Crippen molar-refractivity contribution in [3.05, 3.63) is 327 Å². The van der Waals surface area contributed by atoms with E-state index in [0.717, 1.165) is 24.3 Å². The van der Waals surface area contributed by atoms with Gasteiger partial charge in [0.1, 0.15) is 45.4 Å². The lowest BCUT2D eigenvalue weighted by Crippen LogP contribution is -2.19. The molecule has 0 bridgehead atoms. The maximum atomic E-state index is 13.4. The standard InChI is InChI=1S/C23H20Cl2N4O3S.C22H16ClF3N4O3S.C21H13Cl2F3N4O3S.C20H14Cl2N4O3S/c1-23(2,3)17-11-14(4-5-18(17)25)33(31,32)29-19-10-13(24)12-28-20(19)21(30)15-6-8-26-22-16(15)7-9-27-22;1-2-12-3-4-14(10-17(12)22(24,25)26)34(32,33)30-18-9-13(23)11-29-19(18)20(31)15-5-7-27-21-16(15)6-8-28-21;1-10-16(23)9-17(18(29-10)19(31)12-4-6-27-20-13(12)5-7-28-20)30-34(32,33)11-2-3-15(22)14(8-11)21(24,25)26;1-11-8-13(2-3-16(11)22)30(28,29)26-17-9-12(21)10-25-18(17)19(27)14-4-6-23-20-15(14)5-7-24-20/h4-12,29H,1-3H3,(H,26,27);3-11,30H,2H2,1H3,(H,27,28);2-9,30H,1H3,(H,27,28);2-10,26H,1H3,(H,23,24). The van der Waals surface area contributed by atoms with Gasteiger partial charge in [-0.25, -0.2) is 73.5 Å². The Kier molecular flexibility index (Phi) is 28.0. The van der Waals surface area contributed by atoms with E-state index in [1.54, 1.807) is 74.2 Å². The zero-order valence-electron chi connectivity index (χ0n) is 67.9. The molecule has 0 spiro atoms. The molecule has 8 N–H and O–H groups in total. The molecule has 0 fully saturated rings. The molecular formula is C86H63Cl7F6N16O12S4. The third kappa shape index (κ3) is 21.4. The minimum atomic E-state index is -4.87. The Hall–Kier alpha value is -12.5. The van der Waals surface area contributed by atoms with E-state index in [0.29, 0.717) is 88.6 Å². The first kappa shape index (κ1) is 96.1. The van der Waals surface area contributed by atoms with Gasteiger partial charge in [0.15, 0.2) is 0 Å². The molecule has 12 aromatic heterocycles. The van der Waals surface area contributed by atoms with Gasteiger partial charge in [-0.1, -0.05) is 115 Å². The Bertz CT molecular complexity index is 7760. The van der Waals surface area contributed by atoms with Gasteiger partial charge in [-0.05, 0) is 182 Å². The number of aryl methyl sites for hydroxylation is 3. The second-order valence-corrected chi connectivity index (χ2v) is 39.0. The van der Waals surface area contributed by atoms with Crippen molar-refractivity contribution in [3.8, 4) is 0 Å². The molecule has 28 nitrogen and oxygen atoms in total. The smallest absolute Gasteiger partial charge is 0.346 e. The van der Waals surface area contributed by atoms with E-state index >= 15 is 0 Å². The molecule has 4 aromatic carbocycles. The summed E-state index contributed by atoms with van der Waals surface area (Å²) in [7, 11) is -17.2. The molecule has 0 amide bonds. The number of pyridine rings is 8. The fourth-order valence-corrected chi connectivity index (χ4v) is 18.9. The Morgan fingerprint density at radius 3 is 0.977 bits per heavy atom. The second kappa shape index (κ2) is 38.2. The zero-order valence-corrected chi connectivity index (χ0v) is 76.5. The van der Waals surface area contributed by atoms with Crippen molar-refractivity contribution >= 4 is 211 Å². The van der Waals surface area contributed by atoms with Crippen molar-refractivity contribution < 1.29 is 79.2 Å². The lowest BCUT2D eigenvalue weighted by Gasteiger charge is -2.21. The molecule has 0 atom stereocenters. The lowest BCUT2D eigenvalue weighted by atomic mass is 9.87. The maximum absolute atomic E-state index is 13.4. The number of anilines is 4. The summed E-state index contributed by atoms with van der Waals surface area (Å²) >= 11 is 42.1. The number of hydrogen-bond donors (Lipinski definition) is 8. The average molecular weight is 2000 g/mol. The first-order valence-corrected chi connectivity index (χ1v) is 46.5. The van der Waals surface area contributed by atoms with Crippen LogP contribution >= 0.6 is 81.2 Å². The number of nitrogens with zero attached hydrogens (tertiary/aromatic N) is 8. The Morgan fingerprint density at radius 2 is 0.649 bits per heavy atom. The van der Waals surface area contributed by atoms with Crippen LogP contribution in [0.3, 0.4) is 0 Å². The summed E-state index contributed by atoms with van der Waals surface area (Å²) in [5.41, 5.74) is 0.391. The van der Waals surface area contributed by atoms with Crippen LogP contribution in [0.4, 0.5) is 49.1 Å². The average Bonchev–Trinajstić information content (AvgIpc) is 1.73. The summed E-state index contributed by atoms with van der Waals surface area (Å²) in [6, 6.07) is 31.4. The highest BCUT2D eigenvalue weighted by Gasteiger charge is 2.38. The van der Waals surface area contributed by atoms with Crippen LogP contribution in [0.15, 0.2) is 233 Å². The second-order valence-electron chi connectivity index (χ2n) is 29.3. The van der Waals surface area contributed by atoms with Crippen molar-refractivity contribution in [1.82, 2.24) is 59.8 Å². The van der Waals surface area contributed by atoms with Crippen LogP contribution in [0.2, 0.25) is 35.2 Å². The first-order valence-electron chi connectivity index (χ1n) is 37.9. The number of rotatable bonds is 21. The molecular weight excluding hydrogens is 1940 g/mol. The molecule has 674 valence electrons. The van der Waals surface area contributed by atoms with Crippen molar-refractivity contribution in [3.63, 3.8) is 0 Å². The summed E-state index contributed by atoms with van der Waals surface area (Å²) in [6.45, 7) is 10.6. The fraction of sp³-hybridized carbons (Fsp3) is 0.116. The molecule has 0 radical (unpaired) electrons. The van der Waals surface area contributed by atoms with Gasteiger partial charge in [0.05, 0.1) is 84.3 Å². The number of carbonyl (C=O) groups is 4. The lowest BCUT2D eigenvalue weighted by molar-refractivity contribution is -0.138. The molecule has 0 unspecified atom stereocenters. The predicted molar refractivity (Wildman–Crippen MR) is 487 cm³/mol. The molecule has 0 aliphatic rings. The maximum Gasteiger partial charge on any atom is 0.417 e. The highest BCUT2D eigenvalue weighted by atomic mass is 35.5. The van der Waals surface area contributed by atoms with E-state index in [1.807, 2.05) is 20.8 Å². The summed E-state index contributed by atoms with van der Waals surface area (Å²) in [5.74, 6) is -2.21. The Labute approximate surface area is 776 Å². The molecule has 0 saturated carbocycles. The van der Waals surface area contributed by atoms with Gasteiger partial charge in [-0.15, -0.1) is 0 Å². The molecule has 0 aliphatic heterocycles. The van der Waals surface area contributed by atoms with Crippen LogP contribution in [0.1, 0.15) is 125 Å². The number of fused-ring (bicyclic) bond motifs is 4. The van der Waals surface area contributed by atoms with Gasteiger partial charge in [0.2, 0.25) is 23.1 Å². The number of ketones is 4. The van der Waals surface area contributed by atoms with E-state index in [9.17, 15) is 79.2 Å². The molecule has 131 heavy (non-hydrogen) atoms. The third-order valence-corrected chi connectivity index (χ3v) is 27.0. The van der Waals surface area contributed by atoms with Gasteiger partial charge >= 0.3 is 12.4 Å². The number of alkyl halides is 6. The van der Waals surface area contributed by atoms with Crippen LogP contribution in [0.5, 0.6) is 0 Å². The van der Waals surface area contributed by atoms with E-state index in [4.69, 9.17) is 81.2 Å². The van der Waals surface area contributed by atoms with Crippen molar-refractivity contribution in [2.24, 2.45) is 0 Å². The summed E-state index contributed by atoms with van der Waals surface area (Å²) in [5, 5.41) is 2.84. The molecule has 16 rings (SSSR count). The van der Waals surface area contributed by atoms with E-state index in [1.165, 1.54) is 124 Å². The van der Waals surface area contributed by atoms with Crippen LogP contribution in [0.25, 0.3) is 44.1 Å². The first-order chi connectivity index (χ1) is 61.6. The number of carbonyl (C=O) groups excluding carboxylic acids is 4. The predicted octanol–water partition coefficient (Wildman–Crippen LogP) is 21.0. The number of nitrogens with one attached hydrogen (secondary N) is 8. The van der Waals surface area contributed by atoms with Crippen LogP contribution < -0.4 is 18.9 Å². The van der Waals surface area contributed by atoms with Gasteiger partial charge < -0.3 is 19.9 Å². The molecule has 0 aliphatic carbocycles. The van der Waals surface area contributed by atoms with Crippen LogP contribution in [-0.4, -0.2) is 117 Å². The number of H-pyrrole nitrogens is 4. The summed E-state index contributed by atoms with van der Waals surface area (Å²) < 4.78 is 193. The number of aromatic nitrogens is 12. The van der Waals surface area contributed by atoms with Gasteiger partial charge in [0, 0.05) is 122 Å². The number of hydrogen-bond acceptors (Lipinski definition) is 20. The minimum absolute atomic E-state index is 0.000268. The number of aromatic amines is 4. The van der Waals surface area contributed by atoms with Crippen LogP contribution in [0, 0.1) is 13.8 Å². The SMILES string of the molecule is CC(C)(C)c1cc(S(=O)(=O)Nc2cc(Cl)cnc2C(=O)c2ccnc3[nH]ccc23)ccc1Cl.CCc1ccc(S(=O)(=O)Nc2cc(Cl)cnc2C(=O)c2ccnc3[nH]ccc23)cc1C(F)(F)F.Cc1cc(S(=O)(=O)Nc2cc(Cl)cnc2C(=O)c2ccnc3[nH]ccc23)ccc1Cl.Cc1nc(C(=O)c2ccnc3[nH]ccc23)c(NS(=O)(=O)c2ccc(Cl)c(C(F)(F)F)c2)cc1Cl. The fourth-order valence-electron chi connectivity index (χ4n) is 13.1. The number of sulfonamides is 4. The zero-order chi connectivity index (χ0) is 94.9. The molecule has 0 saturated heterocycles. The molecule has 16 aromatic rings. The Morgan fingerprint density at radius 1 is 0.351 bits per heavy atom. The Balaban J connectivity index is 0.000000149. The molecule has 45 heteroatoms. The van der Waals surface area contributed by atoms with E-state index < -0.39 is 102 Å². The highest BCUT2D eigenvalue weighted by Crippen LogP contribution is 2.41. The topological polar surface area (TPSA) is 419 Å². The quantitative estimate of drug-likeness (QED) is 0.0245. The summed E-state index contributed by atoms with van der Waals surface area (Å²) in [6.07, 6.45) is 6.48. The monoisotopic (exact) mass is 2000 g/mol. The van der Waals surface area contributed by atoms with Crippen LogP contribution in [-0.2, 0) is 64.3 Å². The van der Waals surface area contributed by atoms with Gasteiger partial charge in [-0.3, -0.25) is 38.1 Å². The molecule has 12 heterocycles.